The molecule has 5 aromatic carbocycles. The molecule has 0 spiro atoms. The number of hydrogen-bond donors (Lipinski definition) is 0. The van der Waals surface area contributed by atoms with Gasteiger partial charge in [0.2, 0.25) is 0 Å². The zero-order valence-electron chi connectivity index (χ0n) is 30.8. The Bertz CT molecular complexity index is 2110. The molecule has 0 atom stereocenters. The van der Waals surface area contributed by atoms with Crippen LogP contribution in [0.1, 0.15) is 38.8 Å². The van der Waals surface area contributed by atoms with Gasteiger partial charge in [-0.05, 0) is 81.5 Å². The van der Waals surface area contributed by atoms with E-state index in [1.165, 1.54) is 32.7 Å². The molecule has 0 N–H and O–H groups in total. The molecule has 0 radical (unpaired) electrons. The van der Waals surface area contributed by atoms with Crippen LogP contribution in [0.15, 0.2) is 158 Å². The van der Waals surface area contributed by atoms with Gasteiger partial charge in [-0.15, -0.1) is 107 Å². The molecule has 264 valence electrons. The van der Waals surface area contributed by atoms with Gasteiger partial charge in [-0.25, -0.2) is 0 Å². The largest absolute Gasteiger partial charge is 3.00 e. The normalized spacial score (nSPS) is 10.6. The third kappa shape index (κ3) is 10.9. The molecule has 8 rings (SSSR count). The molecule has 4 heteroatoms. The van der Waals surface area contributed by atoms with Crippen LogP contribution in [-0.2, 0) is 32.9 Å². The van der Waals surface area contributed by atoms with Gasteiger partial charge >= 0.3 is 20.1 Å². The molecule has 0 unspecified atom stereocenters. The van der Waals surface area contributed by atoms with Gasteiger partial charge in [0, 0.05) is 18.6 Å². The molecule has 0 saturated carbocycles. The Kier molecular flexibility index (Phi) is 14.3. The maximum atomic E-state index is 4.79. The molecule has 3 aromatic heterocycles. The van der Waals surface area contributed by atoms with Crippen molar-refractivity contribution in [2.45, 2.75) is 40.5 Å². The summed E-state index contributed by atoms with van der Waals surface area (Å²) < 4.78 is 0. The van der Waals surface area contributed by atoms with Crippen LogP contribution >= 0.6 is 0 Å². The van der Waals surface area contributed by atoms with Gasteiger partial charge in [-0.3, -0.25) is 0 Å². The minimum absolute atomic E-state index is 0. The van der Waals surface area contributed by atoms with E-state index in [0.29, 0.717) is 11.8 Å². The molecule has 0 aliphatic heterocycles. The quantitative estimate of drug-likeness (QED) is 0.118. The van der Waals surface area contributed by atoms with E-state index in [1.54, 1.807) is 12.4 Å². The number of benzene rings is 5. The average Bonchev–Trinajstić information content (AvgIpc) is 3.19. The van der Waals surface area contributed by atoms with Crippen LogP contribution in [0.25, 0.3) is 55.3 Å². The molecule has 0 aliphatic rings. The standard InChI is InChI=1S/C27H28N.2C11H8N.Ir/c1-18(2)13-20-15-21(14-19(3)4)17-23(16-20)27-26-10-9-22-7-5-6-8-24(22)25(26)11-12-28-27;2*1-2-6-10(7-3-1)11-8-4-5-9-12-11;/h5-12,15-16,18-19H,13-14H2,1-4H3;2*1-6,8-9H;/q3*-1;+3. The van der Waals surface area contributed by atoms with E-state index in [-0.39, 0.29) is 20.1 Å². The molecule has 0 amide bonds. The van der Waals surface area contributed by atoms with E-state index in [9.17, 15) is 0 Å². The first-order valence-corrected chi connectivity index (χ1v) is 18.0. The van der Waals surface area contributed by atoms with Crippen molar-refractivity contribution in [2.75, 3.05) is 0 Å². The zero-order valence-corrected chi connectivity index (χ0v) is 33.2. The van der Waals surface area contributed by atoms with Crippen molar-refractivity contribution in [3.8, 4) is 33.8 Å². The van der Waals surface area contributed by atoms with Crippen molar-refractivity contribution in [2.24, 2.45) is 11.8 Å². The second kappa shape index (κ2) is 19.5. The number of fused-ring (bicyclic) bond motifs is 3. The van der Waals surface area contributed by atoms with Crippen molar-refractivity contribution in [3.05, 3.63) is 187 Å². The third-order valence-electron chi connectivity index (χ3n) is 8.48. The number of hydrogen-bond acceptors (Lipinski definition) is 3. The number of pyridine rings is 3. The Morgan fingerprint density at radius 1 is 0.491 bits per heavy atom. The fraction of sp³-hybridized carbons (Fsp3) is 0.163. The average molecular weight is 867 g/mol. The summed E-state index contributed by atoms with van der Waals surface area (Å²) in [5, 5.41) is 5.01. The third-order valence-corrected chi connectivity index (χ3v) is 8.48. The summed E-state index contributed by atoms with van der Waals surface area (Å²) in [4.78, 5) is 13.2. The molecule has 3 nitrogen and oxygen atoms in total. The molecular weight excluding hydrogens is 823 g/mol. The fourth-order valence-corrected chi connectivity index (χ4v) is 6.26. The van der Waals surface area contributed by atoms with E-state index < -0.39 is 0 Å². The summed E-state index contributed by atoms with van der Waals surface area (Å²) in [7, 11) is 0. The molecule has 0 aliphatic carbocycles. The van der Waals surface area contributed by atoms with Crippen molar-refractivity contribution >= 4 is 21.5 Å². The van der Waals surface area contributed by atoms with Crippen molar-refractivity contribution in [3.63, 3.8) is 0 Å². The Morgan fingerprint density at radius 3 is 1.66 bits per heavy atom. The molecular formula is C49H44IrN3. The summed E-state index contributed by atoms with van der Waals surface area (Å²) in [6.45, 7) is 9.09. The predicted octanol–water partition coefficient (Wildman–Crippen LogP) is 12.3. The molecule has 8 aromatic rings. The number of rotatable bonds is 7. The summed E-state index contributed by atoms with van der Waals surface area (Å²) in [5.41, 5.74) is 8.86. The van der Waals surface area contributed by atoms with E-state index in [0.717, 1.165) is 46.6 Å². The maximum absolute atomic E-state index is 4.79. The fourth-order valence-electron chi connectivity index (χ4n) is 6.26. The SMILES string of the molecule is CC(C)Cc1[c-]c(-c2nccc3c2ccc2ccccc23)cc(CC(C)C)c1.[Ir+3].[c-]1ccccc1-c1ccccn1.[c-]1ccccc1-c1ccccn1. The Morgan fingerprint density at radius 2 is 1.09 bits per heavy atom. The maximum Gasteiger partial charge on any atom is 3.00 e. The molecule has 0 bridgehead atoms. The Balaban J connectivity index is 0.000000178. The van der Waals surface area contributed by atoms with Crippen LogP contribution in [-0.4, -0.2) is 15.0 Å². The first-order valence-electron chi connectivity index (χ1n) is 18.0. The molecule has 0 fully saturated rings. The molecule has 53 heavy (non-hydrogen) atoms. The second-order valence-electron chi connectivity index (χ2n) is 13.6. The molecule has 0 saturated heterocycles. The van der Waals surface area contributed by atoms with Crippen LogP contribution in [0.5, 0.6) is 0 Å². The Hall–Kier alpha value is -5.28. The molecule has 3 heterocycles. The van der Waals surface area contributed by atoms with Crippen molar-refractivity contribution < 1.29 is 20.1 Å². The smallest absolute Gasteiger partial charge is 0.305 e. The summed E-state index contributed by atoms with van der Waals surface area (Å²) in [6, 6.07) is 57.1. The van der Waals surface area contributed by atoms with Gasteiger partial charge in [-0.1, -0.05) is 88.4 Å². The van der Waals surface area contributed by atoms with E-state index >= 15 is 0 Å². The second-order valence-corrected chi connectivity index (χ2v) is 13.6. The zero-order chi connectivity index (χ0) is 36.1. The van der Waals surface area contributed by atoms with Gasteiger partial charge in [0.15, 0.2) is 0 Å². The van der Waals surface area contributed by atoms with Crippen LogP contribution in [0.2, 0.25) is 0 Å². The topological polar surface area (TPSA) is 38.7 Å². The monoisotopic (exact) mass is 867 g/mol. The van der Waals surface area contributed by atoms with Crippen LogP contribution in [0.4, 0.5) is 0 Å². The Labute approximate surface area is 328 Å². The van der Waals surface area contributed by atoms with E-state index in [1.807, 2.05) is 91.1 Å². The van der Waals surface area contributed by atoms with E-state index in [2.05, 4.69) is 110 Å². The summed E-state index contributed by atoms with van der Waals surface area (Å²) in [6.07, 6.45) is 7.65. The van der Waals surface area contributed by atoms with Crippen LogP contribution in [0, 0.1) is 30.0 Å². The summed E-state index contributed by atoms with van der Waals surface area (Å²) >= 11 is 0. The van der Waals surface area contributed by atoms with Gasteiger partial charge in [0.25, 0.3) is 0 Å². The van der Waals surface area contributed by atoms with Gasteiger partial charge < -0.3 is 15.0 Å². The number of nitrogens with zero attached hydrogens (tertiary/aromatic N) is 3. The van der Waals surface area contributed by atoms with Gasteiger partial charge in [0.05, 0.1) is 0 Å². The van der Waals surface area contributed by atoms with Gasteiger partial charge in [-0.2, -0.15) is 0 Å². The van der Waals surface area contributed by atoms with Crippen molar-refractivity contribution in [1.82, 2.24) is 15.0 Å². The predicted molar refractivity (Wildman–Crippen MR) is 218 cm³/mol. The first-order chi connectivity index (χ1) is 25.4. The van der Waals surface area contributed by atoms with Gasteiger partial charge in [0.1, 0.15) is 0 Å². The minimum atomic E-state index is 0. The van der Waals surface area contributed by atoms with Crippen molar-refractivity contribution in [1.29, 1.82) is 0 Å². The van der Waals surface area contributed by atoms with Crippen LogP contribution < -0.4 is 0 Å². The first kappa shape index (κ1) is 38.9. The minimum Gasteiger partial charge on any atom is -0.305 e. The van der Waals surface area contributed by atoms with E-state index in [4.69, 9.17) is 4.98 Å². The number of aromatic nitrogens is 3. The van der Waals surface area contributed by atoms with Crippen LogP contribution in [0.3, 0.4) is 0 Å². The summed E-state index contributed by atoms with van der Waals surface area (Å²) in [5.74, 6) is 1.24.